The first-order chi connectivity index (χ1) is 12.3. The average Bonchev–Trinajstić information content (AvgIpc) is 3.25. The first kappa shape index (κ1) is 16.8. The highest BCUT2D eigenvalue weighted by Gasteiger charge is 2.49. The number of H-pyrrole nitrogens is 1. The Morgan fingerprint density at radius 1 is 1.12 bits per heavy atom. The van der Waals surface area contributed by atoms with Crippen molar-refractivity contribution in [2.24, 2.45) is 0 Å². The molecule has 4 rings (SSSR count). The number of hydrogen-bond donors (Lipinski definition) is 2. The summed E-state index contributed by atoms with van der Waals surface area (Å²) in [6.07, 6.45) is 1.64. The SMILES string of the molecule is C=C(O)C1(Oc2ccc3[nH]c(-c4cccc(C(C)(C)C)c4)cc3c2)CC1. The Hall–Kier alpha value is -2.68. The van der Waals surface area contributed by atoms with Gasteiger partial charge in [0.25, 0.3) is 0 Å². The van der Waals surface area contributed by atoms with Crippen molar-refractivity contribution < 1.29 is 9.84 Å². The Labute approximate surface area is 154 Å². The number of aromatic amines is 1. The number of fused-ring (bicyclic) bond motifs is 1. The molecule has 0 bridgehead atoms. The maximum atomic E-state index is 9.74. The van der Waals surface area contributed by atoms with Crippen LogP contribution in [0.25, 0.3) is 22.2 Å². The van der Waals surface area contributed by atoms with Gasteiger partial charge in [0, 0.05) is 16.6 Å². The van der Waals surface area contributed by atoms with Gasteiger partial charge < -0.3 is 14.8 Å². The Morgan fingerprint density at radius 2 is 1.88 bits per heavy atom. The molecular formula is C23H25NO2. The normalized spacial score (nSPS) is 15.8. The number of ether oxygens (including phenoxy) is 1. The number of aliphatic hydroxyl groups is 1. The van der Waals surface area contributed by atoms with Gasteiger partial charge in [0.1, 0.15) is 11.5 Å². The third kappa shape index (κ3) is 2.98. The molecule has 1 aliphatic rings. The van der Waals surface area contributed by atoms with Crippen molar-refractivity contribution in [1.82, 2.24) is 4.98 Å². The highest BCUT2D eigenvalue weighted by atomic mass is 16.5. The lowest BCUT2D eigenvalue weighted by Gasteiger charge is -2.19. The lowest BCUT2D eigenvalue weighted by Crippen LogP contribution is -2.20. The zero-order valence-electron chi connectivity index (χ0n) is 15.6. The molecule has 1 saturated carbocycles. The molecule has 0 amide bonds. The van der Waals surface area contributed by atoms with Gasteiger partial charge in [0.05, 0.1) is 0 Å². The summed E-state index contributed by atoms with van der Waals surface area (Å²) in [5.74, 6) is 0.880. The van der Waals surface area contributed by atoms with E-state index in [9.17, 15) is 5.11 Å². The lowest BCUT2D eigenvalue weighted by atomic mass is 9.86. The number of hydrogen-bond acceptors (Lipinski definition) is 2. The topological polar surface area (TPSA) is 45.2 Å². The van der Waals surface area contributed by atoms with E-state index in [0.717, 1.165) is 35.2 Å². The van der Waals surface area contributed by atoms with Crippen molar-refractivity contribution in [1.29, 1.82) is 0 Å². The molecule has 0 spiro atoms. The van der Waals surface area contributed by atoms with Crippen LogP contribution in [0.3, 0.4) is 0 Å². The fourth-order valence-corrected chi connectivity index (χ4v) is 3.27. The molecule has 0 atom stereocenters. The first-order valence-electron chi connectivity index (χ1n) is 9.08. The smallest absolute Gasteiger partial charge is 0.165 e. The van der Waals surface area contributed by atoms with Gasteiger partial charge in [0.15, 0.2) is 5.60 Å². The van der Waals surface area contributed by atoms with E-state index in [0.29, 0.717) is 0 Å². The van der Waals surface area contributed by atoms with Gasteiger partial charge in [-0.25, -0.2) is 0 Å². The summed E-state index contributed by atoms with van der Waals surface area (Å²) >= 11 is 0. The standard InChI is InChI=1S/C23H25NO2/c1-15(25)23(10-11-23)26-19-8-9-20-17(13-19)14-21(24-20)16-6-5-7-18(12-16)22(2,3)4/h5-9,12-14,24-25H,1,10-11H2,2-4H3. The molecule has 3 nitrogen and oxygen atoms in total. The Kier molecular flexibility index (Phi) is 3.65. The molecule has 3 heteroatoms. The van der Waals surface area contributed by atoms with Crippen LogP contribution in [0.1, 0.15) is 39.2 Å². The molecule has 1 fully saturated rings. The van der Waals surface area contributed by atoms with E-state index in [1.807, 2.05) is 18.2 Å². The van der Waals surface area contributed by atoms with E-state index >= 15 is 0 Å². The maximum absolute atomic E-state index is 9.74. The van der Waals surface area contributed by atoms with Crippen LogP contribution in [-0.4, -0.2) is 15.7 Å². The highest BCUT2D eigenvalue weighted by molar-refractivity contribution is 5.87. The minimum absolute atomic E-state index is 0.117. The number of aliphatic hydroxyl groups excluding tert-OH is 1. The zero-order chi connectivity index (χ0) is 18.5. The Morgan fingerprint density at radius 3 is 2.54 bits per heavy atom. The molecule has 1 aromatic heterocycles. The van der Waals surface area contributed by atoms with Gasteiger partial charge >= 0.3 is 0 Å². The first-order valence-corrected chi connectivity index (χ1v) is 9.08. The summed E-state index contributed by atoms with van der Waals surface area (Å²) < 4.78 is 6.00. The van der Waals surface area contributed by atoms with Gasteiger partial charge in [-0.3, -0.25) is 0 Å². The molecule has 1 heterocycles. The van der Waals surface area contributed by atoms with E-state index in [1.54, 1.807) is 0 Å². The molecule has 134 valence electrons. The Balaban J connectivity index is 1.67. The van der Waals surface area contributed by atoms with E-state index in [1.165, 1.54) is 11.1 Å². The van der Waals surface area contributed by atoms with Crippen LogP contribution in [0, 0.1) is 0 Å². The maximum Gasteiger partial charge on any atom is 0.165 e. The second-order valence-corrected chi connectivity index (χ2v) is 8.31. The van der Waals surface area contributed by atoms with Crippen LogP contribution < -0.4 is 4.74 Å². The number of benzene rings is 2. The van der Waals surface area contributed by atoms with E-state index in [2.05, 4.69) is 62.7 Å². The highest BCUT2D eigenvalue weighted by Crippen LogP contribution is 2.45. The second-order valence-electron chi connectivity index (χ2n) is 8.31. The van der Waals surface area contributed by atoms with Gasteiger partial charge in [-0.2, -0.15) is 0 Å². The van der Waals surface area contributed by atoms with Crippen LogP contribution >= 0.6 is 0 Å². The summed E-state index contributed by atoms with van der Waals surface area (Å²) in [5.41, 5.74) is 4.20. The molecule has 26 heavy (non-hydrogen) atoms. The van der Waals surface area contributed by atoms with Crippen LogP contribution in [-0.2, 0) is 5.41 Å². The number of rotatable bonds is 4. The third-order valence-electron chi connectivity index (χ3n) is 5.18. The van der Waals surface area contributed by atoms with Crippen molar-refractivity contribution in [3.05, 3.63) is 66.4 Å². The van der Waals surface area contributed by atoms with Crippen LogP contribution in [0.2, 0.25) is 0 Å². The van der Waals surface area contributed by atoms with E-state index in [4.69, 9.17) is 4.74 Å². The Bertz CT molecular complexity index is 987. The van der Waals surface area contributed by atoms with Gasteiger partial charge in [0.2, 0.25) is 0 Å². The van der Waals surface area contributed by atoms with Crippen molar-refractivity contribution in [2.45, 2.75) is 44.6 Å². The lowest BCUT2D eigenvalue weighted by molar-refractivity contribution is 0.157. The number of nitrogens with one attached hydrogen (secondary N) is 1. The molecule has 1 aliphatic carbocycles. The van der Waals surface area contributed by atoms with Crippen LogP contribution in [0.15, 0.2) is 60.9 Å². The monoisotopic (exact) mass is 347 g/mol. The van der Waals surface area contributed by atoms with Crippen molar-refractivity contribution in [3.63, 3.8) is 0 Å². The fourth-order valence-electron chi connectivity index (χ4n) is 3.27. The average molecular weight is 347 g/mol. The van der Waals surface area contributed by atoms with Gasteiger partial charge in [-0.1, -0.05) is 45.5 Å². The minimum Gasteiger partial charge on any atom is -0.509 e. The van der Waals surface area contributed by atoms with Crippen LogP contribution in [0.5, 0.6) is 5.75 Å². The largest absolute Gasteiger partial charge is 0.509 e. The summed E-state index contributed by atoms with van der Waals surface area (Å²) in [7, 11) is 0. The summed E-state index contributed by atoms with van der Waals surface area (Å²) in [6.45, 7) is 10.3. The summed E-state index contributed by atoms with van der Waals surface area (Å²) in [4.78, 5) is 3.50. The second kappa shape index (κ2) is 5.66. The van der Waals surface area contributed by atoms with Gasteiger partial charge in [-0.05, 0) is 59.7 Å². The third-order valence-corrected chi connectivity index (χ3v) is 5.18. The number of aromatic nitrogens is 1. The van der Waals surface area contributed by atoms with Crippen molar-refractivity contribution >= 4 is 10.9 Å². The zero-order valence-corrected chi connectivity index (χ0v) is 15.6. The molecule has 0 radical (unpaired) electrons. The predicted molar refractivity (Wildman–Crippen MR) is 107 cm³/mol. The summed E-state index contributed by atoms with van der Waals surface area (Å²) in [6, 6.07) is 16.8. The quantitative estimate of drug-likeness (QED) is 0.559. The molecule has 0 aliphatic heterocycles. The minimum atomic E-state index is -0.576. The molecule has 2 N–H and O–H groups in total. The molecule has 2 aromatic carbocycles. The van der Waals surface area contributed by atoms with Crippen molar-refractivity contribution in [3.8, 4) is 17.0 Å². The fraction of sp³-hybridized carbons (Fsp3) is 0.304. The van der Waals surface area contributed by atoms with E-state index < -0.39 is 5.60 Å². The molecule has 3 aromatic rings. The molecule has 0 saturated heterocycles. The molecular weight excluding hydrogens is 322 g/mol. The molecule has 0 unspecified atom stereocenters. The summed E-state index contributed by atoms with van der Waals surface area (Å²) in [5, 5.41) is 10.8. The predicted octanol–water partition coefficient (Wildman–Crippen LogP) is 6.12. The van der Waals surface area contributed by atoms with E-state index in [-0.39, 0.29) is 11.2 Å². The van der Waals surface area contributed by atoms with Crippen LogP contribution in [0.4, 0.5) is 0 Å². The van der Waals surface area contributed by atoms with Crippen molar-refractivity contribution in [2.75, 3.05) is 0 Å². The van der Waals surface area contributed by atoms with Gasteiger partial charge in [-0.15, -0.1) is 0 Å².